The number of aromatic nitrogens is 3. The van der Waals surface area contributed by atoms with Gasteiger partial charge in [-0.2, -0.15) is 0 Å². The number of carbonyl (C=O) groups is 1. The number of anilines is 1. The molecule has 2 aromatic carbocycles. The van der Waals surface area contributed by atoms with Gasteiger partial charge in [-0.3, -0.25) is 4.79 Å². The van der Waals surface area contributed by atoms with Crippen LogP contribution in [0.2, 0.25) is 0 Å². The number of rotatable bonds is 6. The van der Waals surface area contributed by atoms with Crippen molar-refractivity contribution in [2.24, 2.45) is 0 Å². The molecule has 0 spiro atoms. The fourth-order valence-electron chi connectivity index (χ4n) is 2.74. The first kappa shape index (κ1) is 19.1. The predicted molar refractivity (Wildman–Crippen MR) is 106 cm³/mol. The number of nitrogens with zero attached hydrogens (tertiary/aromatic N) is 3. The summed E-state index contributed by atoms with van der Waals surface area (Å²) in [5, 5.41) is 11.8. The van der Waals surface area contributed by atoms with Crippen LogP contribution >= 0.6 is 11.8 Å². The van der Waals surface area contributed by atoms with Crippen LogP contribution in [0.15, 0.2) is 47.6 Å². The van der Waals surface area contributed by atoms with Crippen LogP contribution in [0.1, 0.15) is 18.1 Å². The zero-order valence-corrected chi connectivity index (χ0v) is 16.3. The summed E-state index contributed by atoms with van der Waals surface area (Å²) in [6, 6.07) is 12.7. The maximum atomic E-state index is 13.9. The second kappa shape index (κ2) is 8.35. The Morgan fingerprint density at radius 2 is 1.96 bits per heavy atom. The molecule has 1 aromatic heterocycles. The monoisotopic (exact) mass is 384 g/mol. The van der Waals surface area contributed by atoms with E-state index < -0.39 is 5.82 Å². The molecular weight excluding hydrogens is 363 g/mol. The number of aryl methyl sites for hydroxylation is 2. The molecule has 3 aromatic rings. The average Bonchev–Trinajstić information content (AvgIpc) is 3.05. The van der Waals surface area contributed by atoms with E-state index in [9.17, 15) is 9.18 Å². The lowest BCUT2D eigenvalue weighted by Crippen LogP contribution is -2.15. The van der Waals surface area contributed by atoms with Gasteiger partial charge in [0.1, 0.15) is 5.82 Å². The topological polar surface area (TPSA) is 59.8 Å². The summed E-state index contributed by atoms with van der Waals surface area (Å²) in [4.78, 5) is 12.2. The average molecular weight is 384 g/mol. The summed E-state index contributed by atoms with van der Waals surface area (Å²) in [7, 11) is 0. The third-order valence-electron chi connectivity index (χ3n) is 4.15. The third-order valence-corrected chi connectivity index (χ3v) is 5.12. The van der Waals surface area contributed by atoms with E-state index in [-0.39, 0.29) is 17.3 Å². The summed E-state index contributed by atoms with van der Waals surface area (Å²) < 4.78 is 15.9. The van der Waals surface area contributed by atoms with Gasteiger partial charge in [-0.05, 0) is 44.0 Å². The van der Waals surface area contributed by atoms with Gasteiger partial charge in [0.05, 0.1) is 11.4 Å². The van der Waals surface area contributed by atoms with Crippen LogP contribution in [0, 0.1) is 19.7 Å². The van der Waals surface area contributed by atoms with E-state index in [1.165, 1.54) is 17.8 Å². The molecule has 0 atom stereocenters. The van der Waals surface area contributed by atoms with Crippen LogP contribution in [0.5, 0.6) is 0 Å². The first-order valence-corrected chi connectivity index (χ1v) is 9.66. The van der Waals surface area contributed by atoms with E-state index in [2.05, 4.69) is 15.5 Å². The fourth-order valence-corrected chi connectivity index (χ4v) is 3.54. The summed E-state index contributed by atoms with van der Waals surface area (Å²) in [5.41, 5.74) is 3.12. The molecule has 1 heterocycles. The van der Waals surface area contributed by atoms with Crippen LogP contribution in [0.4, 0.5) is 10.1 Å². The van der Waals surface area contributed by atoms with Crippen LogP contribution in [0.25, 0.3) is 11.4 Å². The molecule has 27 heavy (non-hydrogen) atoms. The SMILES string of the molecule is CCn1c(SCC(=O)Nc2ccc(C)cc2F)nnc1-c1ccccc1C. The zero-order valence-electron chi connectivity index (χ0n) is 15.5. The molecular formula is C20H21FN4OS. The van der Waals surface area contributed by atoms with Gasteiger partial charge in [-0.1, -0.05) is 42.1 Å². The van der Waals surface area contributed by atoms with Gasteiger partial charge >= 0.3 is 0 Å². The van der Waals surface area contributed by atoms with Crippen LogP contribution in [-0.4, -0.2) is 26.4 Å². The van der Waals surface area contributed by atoms with Crippen LogP contribution in [0.3, 0.4) is 0 Å². The molecule has 0 radical (unpaired) electrons. The molecule has 0 aliphatic carbocycles. The standard InChI is InChI=1S/C20H21FN4OS/c1-4-25-19(15-8-6-5-7-14(15)3)23-24-20(25)27-12-18(26)22-17-10-9-13(2)11-16(17)21/h5-11H,4,12H2,1-3H3,(H,22,26). The minimum atomic E-state index is -0.438. The first-order valence-electron chi connectivity index (χ1n) is 8.67. The molecule has 0 fully saturated rings. The number of amides is 1. The van der Waals surface area contributed by atoms with E-state index in [0.29, 0.717) is 11.7 Å². The Hall–Kier alpha value is -2.67. The van der Waals surface area contributed by atoms with E-state index >= 15 is 0 Å². The van der Waals surface area contributed by atoms with Gasteiger partial charge in [-0.15, -0.1) is 10.2 Å². The molecule has 0 saturated heterocycles. The number of halogens is 1. The van der Waals surface area contributed by atoms with Crippen molar-refractivity contribution in [2.75, 3.05) is 11.1 Å². The highest BCUT2D eigenvalue weighted by Crippen LogP contribution is 2.26. The van der Waals surface area contributed by atoms with Gasteiger partial charge in [-0.25, -0.2) is 4.39 Å². The second-order valence-corrected chi connectivity index (χ2v) is 7.13. The molecule has 0 bridgehead atoms. The summed E-state index contributed by atoms with van der Waals surface area (Å²) in [6.45, 7) is 6.53. The van der Waals surface area contributed by atoms with Crippen molar-refractivity contribution >= 4 is 23.4 Å². The quantitative estimate of drug-likeness (QED) is 0.638. The summed E-state index contributed by atoms with van der Waals surface area (Å²) >= 11 is 1.28. The maximum absolute atomic E-state index is 13.9. The van der Waals surface area contributed by atoms with Crippen molar-refractivity contribution in [1.82, 2.24) is 14.8 Å². The highest BCUT2D eigenvalue weighted by molar-refractivity contribution is 7.99. The van der Waals surface area contributed by atoms with Gasteiger partial charge in [0, 0.05) is 12.1 Å². The van der Waals surface area contributed by atoms with E-state index in [0.717, 1.165) is 22.5 Å². The first-order chi connectivity index (χ1) is 13.0. The number of hydrogen-bond donors (Lipinski definition) is 1. The highest BCUT2D eigenvalue weighted by Gasteiger charge is 2.16. The Labute approximate surface area is 162 Å². The van der Waals surface area contributed by atoms with E-state index in [1.54, 1.807) is 19.1 Å². The highest BCUT2D eigenvalue weighted by atomic mass is 32.2. The van der Waals surface area contributed by atoms with Crippen molar-refractivity contribution < 1.29 is 9.18 Å². The Kier molecular flexibility index (Phi) is 5.91. The van der Waals surface area contributed by atoms with Gasteiger partial charge in [0.2, 0.25) is 5.91 Å². The minimum Gasteiger partial charge on any atom is -0.323 e. The normalized spacial score (nSPS) is 10.8. The lowest BCUT2D eigenvalue weighted by atomic mass is 10.1. The lowest BCUT2D eigenvalue weighted by Gasteiger charge is -2.09. The summed E-state index contributed by atoms with van der Waals surface area (Å²) in [5.74, 6) is 0.181. The Balaban J connectivity index is 1.71. The summed E-state index contributed by atoms with van der Waals surface area (Å²) in [6.07, 6.45) is 0. The van der Waals surface area contributed by atoms with Crippen LogP contribution < -0.4 is 5.32 Å². The van der Waals surface area contributed by atoms with Gasteiger partial charge < -0.3 is 9.88 Å². The Morgan fingerprint density at radius 1 is 1.19 bits per heavy atom. The predicted octanol–water partition coefficient (Wildman–Crippen LogP) is 4.45. The smallest absolute Gasteiger partial charge is 0.234 e. The van der Waals surface area contributed by atoms with Crippen LogP contribution in [-0.2, 0) is 11.3 Å². The minimum absolute atomic E-state index is 0.124. The molecule has 1 N–H and O–H groups in total. The van der Waals surface area contributed by atoms with E-state index in [1.807, 2.05) is 42.7 Å². The Bertz CT molecular complexity index is 970. The van der Waals surface area contributed by atoms with Gasteiger partial charge in [0.15, 0.2) is 11.0 Å². The zero-order chi connectivity index (χ0) is 19.4. The molecule has 0 unspecified atom stereocenters. The van der Waals surface area contributed by atoms with Gasteiger partial charge in [0.25, 0.3) is 0 Å². The largest absolute Gasteiger partial charge is 0.323 e. The van der Waals surface area contributed by atoms with Crippen molar-refractivity contribution in [3.63, 3.8) is 0 Å². The van der Waals surface area contributed by atoms with Crippen molar-refractivity contribution in [3.05, 3.63) is 59.4 Å². The molecule has 0 saturated carbocycles. The number of benzene rings is 2. The van der Waals surface area contributed by atoms with Crippen molar-refractivity contribution in [2.45, 2.75) is 32.5 Å². The molecule has 5 nitrogen and oxygen atoms in total. The molecule has 0 aliphatic heterocycles. The molecule has 3 rings (SSSR count). The van der Waals surface area contributed by atoms with Crippen molar-refractivity contribution in [3.8, 4) is 11.4 Å². The number of nitrogens with one attached hydrogen (secondary N) is 1. The second-order valence-electron chi connectivity index (χ2n) is 6.19. The fraction of sp³-hybridized carbons (Fsp3) is 0.250. The number of hydrogen-bond acceptors (Lipinski definition) is 4. The lowest BCUT2D eigenvalue weighted by molar-refractivity contribution is -0.113. The molecule has 140 valence electrons. The number of carbonyl (C=O) groups excluding carboxylic acids is 1. The molecule has 7 heteroatoms. The molecule has 0 aliphatic rings. The Morgan fingerprint density at radius 3 is 2.67 bits per heavy atom. The van der Waals surface area contributed by atoms with Crippen molar-refractivity contribution in [1.29, 1.82) is 0 Å². The number of thioether (sulfide) groups is 1. The maximum Gasteiger partial charge on any atom is 0.234 e. The molecule has 1 amide bonds. The van der Waals surface area contributed by atoms with E-state index in [4.69, 9.17) is 0 Å². The third kappa shape index (κ3) is 4.36.